The average Bonchev–Trinajstić information content (AvgIpc) is 2.90. The highest BCUT2D eigenvalue weighted by atomic mass is 32.2. The van der Waals surface area contributed by atoms with Crippen molar-refractivity contribution in [3.8, 4) is 0 Å². The number of sulfonamides is 1. The summed E-state index contributed by atoms with van der Waals surface area (Å²) in [6.07, 6.45) is 4.68. The molecule has 0 saturated heterocycles. The van der Waals surface area contributed by atoms with Gasteiger partial charge in [0.25, 0.3) is 0 Å². The monoisotopic (exact) mass is 288 g/mol. The van der Waals surface area contributed by atoms with E-state index in [1.807, 2.05) is 0 Å². The lowest BCUT2D eigenvalue weighted by Gasteiger charge is -2.24. The fourth-order valence-electron chi connectivity index (χ4n) is 3.54. The number of carbonyl (C=O) groups excluding carboxylic acids is 1. The Hall–Kier alpha value is -0.620. The van der Waals surface area contributed by atoms with Gasteiger partial charge in [-0.1, -0.05) is 20.3 Å². The zero-order chi connectivity index (χ0) is 14.0. The molecule has 1 N–H and O–H groups in total. The second kappa shape index (κ2) is 5.79. The molecule has 0 aromatic carbocycles. The third-order valence-corrected chi connectivity index (χ3v) is 6.43. The van der Waals surface area contributed by atoms with E-state index in [2.05, 4.69) is 5.32 Å². The smallest absolute Gasteiger partial charge is 0.236 e. The van der Waals surface area contributed by atoms with Crippen molar-refractivity contribution in [1.29, 1.82) is 0 Å². The van der Waals surface area contributed by atoms with Crippen LogP contribution in [0.5, 0.6) is 0 Å². The summed E-state index contributed by atoms with van der Waals surface area (Å²) >= 11 is 0. The van der Waals surface area contributed by atoms with Gasteiger partial charge in [0.1, 0.15) is 5.75 Å². The summed E-state index contributed by atoms with van der Waals surface area (Å²) in [5.41, 5.74) is 0. The molecular formula is C13H24N2O3S. The van der Waals surface area contributed by atoms with Gasteiger partial charge in [-0.25, -0.2) is 12.7 Å². The van der Waals surface area contributed by atoms with Gasteiger partial charge in [-0.15, -0.1) is 0 Å². The van der Waals surface area contributed by atoms with E-state index in [-0.39, 0.29) is 11.9 Å². The fraction of sp³-hybridized carbons (Fsp3) is 0.923. The molecule has 0 spiro atoms. The molecule has 6 heteroatoms. The van der Waals surface area contributed by atoms with E-state index in [1.165, 1.54) is 23.6 Å². The molecule has 5 nitrogen and oxygen atoms in total. The molecule has 0 radical (unpaired) electrons. The maximum atomic E-state index is 12.0. The van der Waals surface area contributed by atoms with Gasteiger partial charge in [0.15, 0.2) is 0 Å². The minimum Gasteiger partial charge on any atom is -0.352 e. The molecule has 0 aromatic rings. The molecule has 1 amide bonds. The number of nitrogens with one attached hydrogen (secondary N) is 1. The van der Waals surface area contributed by atoms with Crippen LogP contribution in [0.15, 0.2) is 0 Å². The maximum absolute atomic E-state index is 12.0. The van der Waals surface area contributed by atoms with Gasteiger partial charge < -0.3 is 5.32 Å². The number of rotatable bonds is 6. The van der Waals surface area contributed by atoms with Crippen molar-refractivity contribution in [3.63, 3.8) is 0 Å². The van der Waals surface area contributed by atoms with Crippen molar-refractivity contribution >= 4 is 15.9 Å². The highest BCUT2D eigenvalue weighted by Crippen LogP contribution is 2.44. The van der Waals surface area contributed by atoms with Crippen LogP contribution in [-0.4, -0.2) is 43.5 Å². The van der Waals surface area contributed by atoms with Gasteiger partial charge in [-0.2, -0.15) is 0 Å². The Labute approximate surface area is 115 Å². The number of nitrogens with zero attached hydrogens (tertiary/aromatic N) is 1. The molecule has 0 aromatic heterocycles. The first-order valence-electron chi connectivity index (χ1n) is 7.23. The van der Waals surface area contributed by atoms with Crippen LogP contribution in [0.1, 0.15) is 39.5 Å². The van der Waals surface area contributed by atoms with Crippen LogP contribution in [0.3, 0.4) is 0 Å². The second-order valence-corrected chi connectivity index (χ2v) is 7.66. The van der Waals surface area contributed by atoms with Crippen molar-refractivity contribution in [2.45, 2.75) is 45.6 Å². The lowest BCUT2D eigenvalue weighted by molar-refractivity contribution is -0.119. The molecule has 110 valence electrons. The third-order valence-electron chi connectivity index (χ3n) is 4.50. The predicted molar refractivity (Wildman–Crippen MR) is 74.1 cm³/mol. The topological polar surface area (TPSA) is 66.5 Å². The summed E-state index contributed by atoms with van der Waals surface area (Å²) in [5.74, 6) is 0.562. The molecule has 0 heterocycles. The van der Waals surface area contributed by atoms with Gasteiger partial charge in [0.2, 0.25) is 15.9 Å². The van der Waals surface area contributed by atoms with Crippen molar-refractivity contribution in [2.75, 3.05) is 18.8 Å². The molecule has 0 unspecified atom stereocenters. The Morgan fingerprint density at radius 3 is 2.37 bits per heavy atom. The molecule has 2 fully saturated rings. The Bertz CT molecular complexity index is 431. The zero-order valence-corrected chi connectivity index (χ0v) is 12.6. The van der Waals surface area contributed by atoms with Crippen LogP contribution < -0.4 is 5.32 Å². The van der Waals surface area contributed by atoms with Crippen molar-refractivity contribution in [2.24, 2.45) is 11.8 Å². The Morgan fingerprint density at radius 2 is 1.89 bits per heavy atom. The van der Waals surface area contributed by atoms with Crippen LogP contribution in [0, 0.1) is 11.8 Å². The van der Waals surface area contributed by atoms with Crippen molar-refractivity contribution in [1.82, 2.24) is 9.62 Å². The number of carbonyl (C=O) groups is 1. The summed E-state index contributed by atoms with van der Waals surface area (Å²) in [6, 6.07) is 0.207. The van der Waals surface area contributed by atoms with Crippen LogP contribution in [0.25, 0.3) is 0 Å². The maximum Gasteiger partial charge on any atom is 0.236 e. The van der Waals surface area contributed by atoms with Gasteiger partial charge in [-0.3, -0.25) is 4.79 Å². The lowest BCUT2D eigenvalue weighted by atomic mass is 9.95. The summed E-state index contributed by atoms with van der Waals surface area (Å²) in [4.78, 5) is 11.9. The highest BCUT2D eigenvalue weighted by Gasteiger charge is 2.40. The first-order valence-corrected chi connectivity index (χ1v) is 8.84. The number of hydrogen-bond donors (Lipinski definition) is 1. The fourth-order valence-corrected chi connectivity index (χ4v) is 4.93. The lowest BCUT2D eigenvalue weighted by Crippen LogP contribution is -2.44. The summed E-state index contributed by atoms with van der Waals surface area (Å²) in [5, 5.41) is 2.92. The largest absolute Gasteiger partial charge is 0.352 e. The van der Waals surface area contributed by atoms with E-state index >= 15 is 0 Å². The number of fused-ring (bicyclic) bond motifs is 2. The van der Waals surface area contributed by atoms with Gasteiger partial charge in [0, 0.05) is 19.1 Å². The van der Waals surface area contributed by atoms with E-state index in [9.17, 15) is 13.2 Å². The highest BCUT2D eigenvalue weighted by molar-refractivity contribution is 7.89. The van der Waals surface area contributed by atoms with E-state index in [4.69, 9.17) is 0 Å². The summed E-state index contributed by atoms with van der Waals surface area (Å²) < 4.78 is 25.3. The second-order valence-electron chi connectivity index (χ2n) is 5.69. The van der Waals surface area contributed by atoms with Crippen molar-refractivity contribution < 1.29 is 13.2 Å². The van der Waals surface area contributed by atoms with Crippen LogP contribution in [0.2, 0.25) is 0 Å². The average molecular weight is 288 g/mol. The van der Waals surface area contributed by atoms with Crippen molar-refractivity contribution in [3.05, 3.63) is 0 Å². The van der Waals surface area contributed by atoms with E-state index < -0.39 is 15.8 Å². The standard InChI is InChI=1S/C13H24N2O3S/c1-3-15(4-2)19(17,18)9-13(16)14-12-8-10-5-6-11(12)7-10/h10-12H,3-9H2,1-2H3,(H,14,16)/t10-,11-,12+/m0/s1. The molecule has 2 saturated carbocycles. The Balaban J connectivity index is 1.87. The molecule has 2 aliphatic rings. The SMILES string of the molecule is CCN(CC)S(=O)(=O)CC(=O)N[C@@H]1C[C@H]2CC[C@H]1C2. The van der Waals surface area contributed by atoms with Gasteiger partial charge in [0.05, 0.1) is 0 Å². The minimum absolute atomic E-state index is 0.207. The predicted octanol–water partition coefficient (Wildman–Crippen LogP) is 0.963. The number of amides is 1. The molecule has 2 aliphatic carbocycles. The van der Waals surface area contributed by atoms with Crippen LogP contribution >= 0.6 is 0 Å². The van der Waals surface area contributed by atoms with Gasteiger partial charge >= 0.3 is 0 Å². The zero-order valence-electron chi connectivity index (χ0n) is 11.8. The normalized spacial score (nSPS) is 29.9. The van der Waals surface area contributed by atoms with E-state index in [0.29, 0.717) is 19.0 Å². The molecule has 3 atom stereocenters. The number of hydrogen-bond acceptors (Lipinski definition) is 3. The summed E-state index contributed by atoms with van der Waals surface area (Å²) in [6.45, 7) is 4.41. The molecule has 2 rings (SSSR count). The first kappa shape index (κ1) is 14.8. The quantitative estimate of drug-likeness (QED) is 0.792. The van der Waals surface area contributed by atoms with E-state index in [0.717, 1.165) is 12.3 Å². The molecule has 0 aliphatic heterocycles. The molecular weight excluding hydrogens is 264 g/mol. The van der Waals surface area contributed by atoms with Crippen LogP contribution in [-0.2, 0) is 14.8 Å². The molecule has 2 bridgehead atoms. The third kappa shape index (κ3) is 3.28. The summed E-state index contributed by atoms with van der Waals surface area (Å²) in [7, 11) is -3.46. The Morgan fingerprint density at radius 1 is 1.21 bits per heavy atom. The van der Waals surface area contributed by atoms with Crippen LogP contribution in [0.4, 0.5) is 0 Å². The van der Waals surface area contributed by atoms with E-state index in [1.54, 1.807) is 13.8 Å². The first-order chi connectivity index (χ1) is 8.96. The minimum atomic E-state index is -3.46. The van der Waals surface area contributed by atoms with Gasteiger partial charge in [-0.05, 0) is 31.1 Å². The Kier molecular flexibility index (Phi) is 4.50. The molecule has 19 heavy (non-hydrogen) atoms.